The van der Waals surface area contributed by atoms with Gasteiger partial charge in [-0.3, -0.25) is 0 Å². The molecule has 1 aliphatic heterocycles. The largest absolute Gasteiger partial charge is 0.494 e. The van der Waals surface area contributed by atoms with Crippen LogP contribution in [0.25, 0.3) is 0 Å². The molecule has 0 aromatic heterocycles. The molecule has 4 bridgehead atoms. The highest BCUT2D eigenvalue weighted by atomic mass is 17.2. The molecule has 36 heavy (non-hydrogen) atoms. The maximum absolute atomic E-state index is 6.29. The van der Waals surface area contributed by atoms with Crippen molar-refractivity contribution in [3.05, 3.63) is 29.8 Å². The van der Waals surface area contributed by atoms with E-state index in [1.165, 1.54) is 37.7 Å². The van der Waals surface area contributed by atoms with E-state index in [2.05, 4.69) is 34.5 Å². The Labute approximate surface area is 217 Å². The van der Waals surface area contributed by atoms with E-state index in [4.69, 9.17) is 19.2 Å². The molecule has 1 aromatic carbocycles. The lowest BCUT2D eigenvalue weighted by Crippen LogP contribution is -2.60. The van der Waals surface area contributed by atoms with Crippen LogP contribution in [0.3, 0.4) is 0 Å². The molecule has 0 unspecified atom stereocenters. The molecule has 5 aliphatic carbocycles. The molecule has 6 heteroatoms. The molecule has 1 heterocycles. The summed E-state index contributed by atoms with van der Waals surface area (Å²) in [4.78, 5) is 15.0. The van der Waals surface area contributed by atoms with Crippen molar-refractivity contribution in [1.29, 1.82) is 0 Å². The van der Waals surface area contributed by atoms with Crippen LogP contribution in [-0.2, 0) is 14.5 Å². The summed E-state index contributed by atoms with van der Waals surface area (Å²) in [5, 5.41) is 3.41. The first-order chi connectivity index (χ1) is 17.7. The molecular weight excluding hydrogens is 452 g/mol. The molecule has 7 rings (SSSR count). The van der Waals surface area contributed by atoms with E-state index in [0.29, 0.717) is 17.8 Å². The zero-order valence-electron chi connectivity index (χ0n) is 22.2. The summed E-state index contributed by atoms with van der Waals surface area (Å²) >= 11 is 0. The topological polar surface area (TPSA) is 52.2 Å². The second kappa shape index (κ2) is 11.3. The number of nitrogens with zero attached hydrogens (tertiary/aromatic N) is 1. The van der Waals surface area contributed by atoms with Crippen molar-refractivity contribution < 1.29 is 19.2 Å². The van der Waals surface area contributed by atoms with Gasteiger partial charge < -0.3 is 19.7 Å². The third-order valence-electron chi connectivity index (χ3n) is 10.0. The third kappa shape index (κ3) is 5.35. The molecule has 6 aliphatic rings. The predicted molar refractivity (Wildman–Crippen MR) is 140 cm³/mol. The van der Waals surface area contributed by atoms with Crippen LogP contribution in [0.1, 0.15) is 75.7 Å². The van der Waals surface area contributed by atoms with Gasteiger partial charge in [-0.15, -0.1) is 0 Å². The Bertz CT molecular complexity index is 804. The van der Waals surface area contributed by atoms with Crippen molar-refractivity contribution in [2.24, 2.45) is 23.7 Å². The van der Waals surface area contributed by atoms with Crippen molar-refractivity contribution in [2.45, 2.75) is 82.0 Å². The number of ether oxygens (including phenoxy) is 2. The van der Waals surface area contributed by atoms with Gasteiger partial charge in [-0.05, 0) is 99.7 Å². The van der Waals surface area contributed by atoms with Gasteiger partial charge in [0.25, 0.3) is 0 Å². The van der Waals surface area contributed by atoms with E-state index >= 15 is 0 Å². The summed E-state index contributed by atoms with van der Waals surface area (Å²) in [6.07, 6.45) is 12.1. The normalized spacial score (nSPS) is 38.4. The maximum atomic E-state index is 6.29. The molecule has 5 saturated carbocycles. The van der Waals surface area contributed by atoms with Gasteiger partial charge in [0.05, 0.1) is 12.7 Å². The molecule has 6 fully saturated rings. The lowest BCUT2D eigenvalue weighted by molar-refractivity contribution is -0.485. The molecule has 200 valence electrons. The van der Waals surface area contributed by atoms with Crippen LogP contribution >= 0.6 is 0 Å². The number of benzene rings is 1. The van der Waals surface area contributed by atoms with Crippen molar-refractivity contribution in [2.75, 3.05) is 46.4 Å². The highest BCUT2D eigenvalue weighted by molar-refractivity contribution is 5.29. The van der Waals surface area contributed by atoms with Crippen molar-refractivity contribution in [3.63, 3.8) is 0 Å². The van der Waals surface area contributed by atoms with Crippen LogP contribution < -0.4 is 10.1 Å². The lowest BCUT2D eigenvalue weighted by Gasteiger charge is -2.58. The minimum atomic E-state index is -0.495. The first-order valence-electron chi connectivity index (χ1n) is 14.8. The number of piperazine rings is 1. The molecule has 1 aromatic rings. The number of hydrogen-bond acceptors (Lipinski definition) is 6. The van der Waals surface area contributed by atoms with Crippen molar-refractivity contribution in [3.8, 4) is 5.75 Å². The van der Waals surface area contributed by atoms with Crippen molar-refractivity contribution >= 4 is 0 Å². The first-order valence-corrected chi connectivity index (χ1v) is 14.8. The summed E-state index contributed by atoms with van der Waals surface area (Å²) in [6, 6.07) is 8.84. The van der Waals surface area contributed by atoms with Crippen molar-refractivity contribution in [1.82, 2.24) is 10.2 Å². The minimum absolute atomic E-state index is 0.184. The second-order valence-electron chi connectivity index (χ2n) is 12.2. The number of nitrogens with one attached hydrogen (secondary N) is 1. The fourth-order valence-electron chi connectivity index (χ4n) is 8.23. The van der Waals surface area contributed by atoms with E-state index in [0.717, 1.165) is 89.0 Å². The number of hydrogen-bond donors (Lipinski definition) is 1. The highest BCUT2D eigenvalue weighted by Crippen LogP contribution is 2.60. The SMILES string of the molecule is COC1(OO[C@H]2CC[C@@H](c3ccc(OCCCN4CCNCC4)cc3)CC2)C2CC3CC(C2)CC1C3. The minimum Gasteiger partial charge on any atom is -0.494 e. The van der Waals surface area contributed by atoms with E-state index in [1.807, 2.05) is 7.11 Å². The molecule has 1 N–H and O–H groups in total. The average Bonchev–Trinajstić information content (AvgIpc) is 2.92. The van der Waals surface area contributed by atoms with Gasteiger partial charge in [-0.1, -0.05) is 12.1 Å². The Kier molecular flexibility index (Phi) is 7.87. The summed E-state index contributed by atoms with van der Waals surface area (Å²) < 4.78 is 12.1. The standard InChI is InChI=1S/C30H46N2O4/c1-33-30(26-18-22-17-23(20-26)21-27(30)19-22)36-35-29-9-5-25(6-10-29)24-3-7-28(8-4-24)34-16-2-13-32-14-11-31-12-15-32/h3-4,7-8,22-23,25-27,29,31H,2,5-6,9-21H2,1H3/t22?,23?,25-,26?,27?,29+,30?. The molecular formula is C30H46N2O4. The van der Waals surface area contributed by atoms with E-state index in [1.54, 1.807) is 0 Å². The number of rotatable bonds is 10. The smallest absolute Gasteiger partial charge is 0.207 e. The van der Waals surface area contributed by atoms with Crippen LogP contribution in [0, 0.1) is 23.7 Å². The fourth-order valence-corrected chi connectivity index (χ4v) is 8.23. The lowest BCUT2D eigenvalue weighted by atomic mass is 9.53. The Morgan fingerprint density at radius 2 is 1.56 bits per heavy atom. The van der Waals surface area contributed by atoms with E-state index in [9.17, 15) is 0 Å². The molecule has 0 amide bonds. The average molecular weight is 499 g/mol. The molecule has 6 nitrogen and oxygen atoms in total. The van der Waals surface area contributed by atoms with Gasteiger partial charge >= 0.3 is 0 Å². The van der Waals surface area contributed by atoms with Gasteiger partial charge in [0, 0.05) is 51.7 Å². The predicted octanol–water partition coefficient (Wildman–Crippen LogP) is 5.13. The van der Waals surface area contributed by atoms with Gasteiger partial charge in [0.15, 0.2) is 0 Å². The Morgan fingerprint density at radius 1 is 0.889 bits per heavy atom. The molecule has 0 radical (unpaired) electrons. The zero-order chi connectivity index (χ0) is 24.4. The highest BCUT2D eigenvalue weighted by Gasteiger charge is 2.60. The summed E-state index contributed by atoms with van der Waals surface area (Å²) in [5.74, 6) is 3.91. The van der Waals surface area contributed by atoms with E-state index in [-0.39, 0.29) is 6.10 Å². The fraction of sp³-hybridized carbons (Fsp3) is 0.800. The zero-order valence-corrected chi connectivity index (χ0v) is 22.2. The Balaban J connectivity index is 0.928. The maximum Gasteiger partial charge on any atom is 0.207 e. The van der Waals surface area contributed by atoms with Crippen LogP contribution in [0.4, 0.5) is 0 Å². The summed E-state index contributed by atoms with van der Waals surface area (Å²) in [7, 11) is 1.84. The number of methoxy groups -OCH3 is 1. The molecule has 1 saturated heterocycles. The Hall–Kier alpha value is -1.18. The third-order valence-corrected chi connectivity index (χ3v) is 10.0. The van der Waals surface area contributed by atoms with Crippen LogP contribution in [-0.4, -0.2) is 63.2 Å². The van der Waals surface area contributed by atoms with Gasteiger partial charge in [-0.25, -0.2) is 9.78 Å². The van der Waals surface area contributed by atoms with Crippen LogP contribution in [0.2, 0.25) is 0 Å². The first kappa shape index (κ1) is 25.1. The second-order valence-corrected chi connectivity index (χ2v) is 12.2. The Morgan fingerprint density at radius 3 is 2.19 bits per heavy atom. The van der Waals surface area contributed by atoms with Gasteiger partial charge in [-0.2, -0.15) is 0 Å². The van der Waals surface area contributed by atoms with Gasteiger partial charge in [0.1, 0.15) is 5.75 Å². The van der Waals surface area contributed by atoms with Crippen LogP contribution in [0.5, 0.6) is 5.75 Å². The quantitative estimate of drug-likeness (QED) is 0.209. The van der Waals surface area contributed by atoms with E-state index < -0.39 is 5.79 Å². The monoisotopic (exact) mass is 498 g/mol. The molecule has 0 spiro atoms. The van der Waals surface area contributed by atoms with Gasteiger partial charge in [0.2, 0.25) is 5.79 Å². The summed E-state index contributed by atoms with van der Waals surface area (Å²) in [6.45, 7) is 6.45. The van der Waals surface area contributed by atoms with Crippen LogP contribution in [0.15, 0.2) is 24.3 Å². The molecule has 0 atom stereocenters. The summed E-state index contributed by atoms with van der Waals surface area (Å²) in [5.41, 5.74) is 1.43.